The Labute approximate surface area is 102 Å². The first kappa shape index (κ1) is 12.3. The Balaban J connectivity index is 2.51. The van der Waals surface area contributed by atoms with Gasteiger partial charge in [0.15, 0.2) is 9.84 Å². The Morgan fingerprint density at radius 2 is 2.00 bits per heavy atom. The van der Waals surface area contributed by atoms with Crippen molar-refractivity contribution >= 4 is 15.7 Å². The van der Waals surface area contributed by atoms with E-state index in [-0.39, 0.29) is 0 Å². The molecule has 0 bridgehead atoms. The van der Waals surface area contributed by atoms with Crippen molar-refractivity contribution < 1.29 is 8.42 Å². The molecule has 1 N–H and O–H groups in total. The van der Waals surface area contributed by atoms with E-state index in [4.69, 9.17) is 0 Å². The van der Waals surface area contributed by atoms with Crippen molar-refractivity contribution in [2.24, 2.45) is 0 Å². The number of aryl methyl sites for hydroxylation is 1. The quantitative estimate of drug-likeness (QED) is 0.876. The molecule has 17 heavy (non-hydrogen) atoms. The number of fused-ring (bicyclic) bond motifs is 1. The molecule has 0 amide bonds. The van der Waals surface area contributed by atoms with Gasteiger partial charge in [-0.2, -0.15) is 0 Å². The van der Waals surface area contributed by atoms with Gasteiger partial charge in [0.1, 0.15) is 16.9 Å². The van der Waals surface area contributed by atoms with Crippen LogP contribution in [0.3, 0.4) is 0 Å². The topological polar surface area (TPSA) is 72.0 Å². The third-order valence-electron chi connectivity index (χ3n) is 3.19. The van der Waals surface area contributed by atoms with Crippen molar-refractivity contribution in [2.45, 2.75) is 31.4 Å². The summed E-state index contributed by atoms with van der Waals surface area (Å²) in [5.41, 5.74) is 2.13. The van der Waals surface area contributed by atoms with Crippen molar-refractivity contribution in [2.75, 3.05) is 18.6 Å². The van der Waals surface area contributed by atoms with Gasteiger partial charge in [0.25, 0.3) is 0 Å². The molecule has 1 heterocycles. The standard InChI is InChI=1S/C11H17N3O2S/c1-7(17(3,15)16)10-13-9-6-4-5-8(9)11(12-2)14-10/h7H,4-6H2,1-3H3,(H,12,13,14). The predicted octanol–water partition coefficient (Wildman–Crippen LogP) is 1.11. The molecule has 0 radical (unpaired) electrons. The second kappa shape index (κ2) is 4.25. The fraction of sp³-hybridized carbons (Fsp3) is 0.636. The van der Waals surface area contributed by atoms with Crippen LogP contribution < -0.4 is 5.32 Å². The molecule has 1 aromatic heterocycles. The monoisotopic (exact) mass is 255 g/mol. The highest BCUT2D eigenvalue weighted by molar-refractivity contribution is 7.90. The number of anilines is 1. The number of hydrogen-bond donors (Lipinski definition) is 1. The second-order valence-corrected chi connectivity index (χ2v) is 6.80. The molecule has 0 aliphatic heterocycles. The minimum absolute atomic E-state index is 0.400. The van der Waals surface area contributed by atoms with E-state index in [0.717, 1.165) is 36.3 Å². The lowest BCUT2D eigenvalue weighted by atomic mass is 10.2. The number of aromatic nitrogens is 2. The van der Waals surface area contributed by atoms with Gasteiger partial charge in [-0.05, 0) is 26.2 Å². The molecule has 2 rings (SSSR count). The van der Waals surface area contributed by atoms with E-state index in [0.29, 0.717) is 5.82 Å². The Morgan fingerprint density at radius 3 is 2.59 bits per heavy atom. The molecule has 6 heteroatoms. The Bertz CT molecular complexity index is 540. The zero-order valence-electron chi connectivity index (χ0n) is 10.3. The lowest BCUT2D eigenvalue weighted by Crippen LogP contribution is -2.14. The minimum atomic E-state index is -3.15. The summed E-state index contributed by atoms with van der Waals surface area (Å²) in [6.07, 6.45) is 4.16. The van der Waals surface area contributed by atoms with Crippen LogP contribution in [-0.2, 0) is 22.7 Å². The highest BCUT2D eigenvalue weighted by Gasteiger charge is 2.25. The number of nitrogens with one attached hydrogen (secondary N) is 1. The van der Waals surface area contributed by atoms with Crippen molar-refractivity contribution in [1.29, 1.82) is 0 Å². The van der Waals surface area contributed by atoms with Crippen LogP contribution in [0.2, 0.25) is 0 Å². The lowest BCUT2D eigenvalue weighted by Gasteiger charge is -2.13. The summed E-state index contributed by atoms with van der Waals surface area (Å²) in [4.78, 5) is 8.73. The van der Waals surface area contributed by atoms with Crippen LogP contribution in [0.4, 0.5) is 5.82 Å². The van der Waals surface area contributed by atoms with E-state index in [1.807, 2.05) is 0 Å². The SMILES string of the molecule is CNc1nc(C(C)S(C)(=O)=O)nc2c1CCC2. The van der Waals surface area contributed by atoms with Crippen LogP contribution in [-0.4, -0.2) is 31.7 Å². The van der Waals surface area contributed by atoms with Gasteiger partial charge in [0, 0.05) is 24.6 Å². The number of hydrogen-bond acceptors (Lipinski definition) is 5. The first-order chi connectivity index (χ1) is 7.93. The average molecular weight is 255 g/mol. The lowest BCUT2D eigenvalue weighted by molar-refractivity contribution is 0.589. The molecule has 1 unspecified atom stereocenters. The summed E-state index contributed by atoms with van der Waals surface area (Å²) in [5.74, 6) is 1.18. The van der Waals surface area contributed by atoms with E-state index in [9.17, 15) is 8.42 Å². The summed E-state index contributed by atoms with van der Waals surface area (Å²) in [5, 5.41) is 2.38. The summed E-state index contributed by atoms with van der Waals surface area (Å²) >= 11 is 0. The van der Waals surface area contributed by atoms with Crippen LogP contribution in [0.5, 0.6) is 0 Å². The Kier molecular flexibility index (Phi) is 3.07. The molecule has 0 aromatic carbocycles. The molecule has 0 fully saturated rings. The molecule has 1 aromatic rings. The fourth-order valence-electron chi connectivity index (χ4n) is 2.03. The number of nitrogens with zero attached hydrogens (tertiary/aromatic N) is 2. The predicted molar refractivity (Wildman–Crippen MR) is 66.9 cm³/mol. The normalized spacial score (nSPS) is 16.6. The van der Waals surface area contributed by atoms with Gasteiger partial charge in [-0.25, -0.2) is 18.4 Å². The van der Waals surface area contributed by atoms with Crippen molar-refractivity contribution in [3.05, 3.63) is 17.1 Å². The summed E-state index contributed by atoms with van der Waals surface area (Å²) in [6, 6.07) is 0. The van der Waals surface area contributed by atoms with Gasteiger partial charge in [0.05, 0.1) is 0 Å². The van der Waals surface area contributed by atoms with E-state index in [1.165, 1.54) is 6.26 Å². The van der Waals surface area contributed by atoms with Gasteiger partial charge in [-0.15, -0.1) is 0 Å². The van der Waals surface area contributed by atoms with E-state index >= 15 is 0 Å². The molecule has 0 saturated carbocycles. The molecule has 1 aliphatic rings. The first-order valence-corrected chi connectivity index (χ1v) is 7.65. The minimum Gasteiger partial charge on any atom is -0.373 e. The molecular formula is C11H17N3O2S. The van der Waals surface area contributed by atoms with Gasteiger partial charge < -0.3 is 5.32 Å². The van der Waals surface area contributed by atoms with Gasteiger partial charge in [-0.3, -0.25) is 0 Å². The molecule has 1 aliphatic carbocycles. The van der Waals surface area contributed by atoms with Gasteiger partial charge in [0.2, 0.25) is 0 Å². The molecule has 94 valence electrons. The van der Waals surface area contributed by atoms with Gasteiger partial charge >= 0.3 is 0 Å². The zero-order valence-corrected chi connectivity index (χ0v) is 11.1. The molecular weight excluding hydrogens is 238 g/mol. The molecule has 1 atom stereocenters. The molecule has 0 saturated heterocycles. The number of rotatable bonds is 3. The third kappa shape index (κ3) is 2.26. The maximum Gasteiger partial charge on any atom is 0.157 e. The largest absolute Gasteiger partial charge is 0.373 e. The van der Waals surface area contributed by atoms with Crippen molar-refractivity contribution in [3.63, 3.8) is 0 Å². The van der Waals surface area contributed by atoms with Crippen molar-refractivity contribution in [1.82, 2.24) is 9.97 Å². The van der Waals surface area contributed by atoms with Crippen LogP contribution in [0.15, 0.2) is 0 Å². The maximum absolute atomic E-state index is 11.5. The first-order valence-electron chi connectivity index (χ1n) is 5.69. The van der Waals surface area contributed by atoms with Crippen LogP contribution >= 0.6 is 0 Å². The highest BCUT2D eigenvalue weighted by atomic mass is 32.2. The smallest absolute Gasteiger partial charge is 0.157 e. The van der Waals surface area contributed by atoms with Crippen LogP contribution in [0.1, 0.15) is 35.7 Å². The maximum atomic E-state index is 11.5. The summed E-state index contributed by atoms with van der Waals surface area (Å²) < 4.78 is 23.1. The zero-order chi connectivity index (χ0) is 12.6. The Hall–Kier alpha value is -1.17. The summed E-state index contributed by atoms with van der Waals surface area (Å²) in [7, 11) is -1.35. The van der Waals surface area contributed by atoms with Crippen LogP contribution in [0, 0.1) is 0 Å². The fourth-order valence-corrected chi connectivity index (χ4v) is 2.52. The number of sulfone groups is 1. The van der Waals surface area contributed by atoms with E-state index < -0.39 is 15.1 Å². The highest BCUT2D eigenvalue weighted by Crippen LogP contribution is 2.28. The molecule has 5 nitrogen and oxygen atoms in total. The second-order valence-electron chi connectivity index (χ2n) is 4.43. The third-order valence-corrected chi connectivity index (χ3v) is 4.69. The summed E-state index contributed by atoms with van der Waals surface area (Å²) in [6.45, 7) is 1.63. The molecule has 0 spiro atoms. The van der Waals surface area contributed by atoms with Gasteiger partial charge in [-0.1, -0.05) is 0 Å². The van der Waals surface area contributed by atoms with Crippen LogP contribution in [0.25, 0.3) is 0 Å². The average Bonchev–Trinajstić information content (AvgIpc) is 2.73. The Morgan fingerprint density at radius 1 is 1.29 bits per heavy atom. The van der Waals surface area contributed by atoms with E-state index in [1.54, 1.807) is 14.0 Å². The van der Waals surface area contributed by atoms with E-state index in [2.05, 4.69) is 15.3 Å². The van der Waals surface area contributed by atoms with Crippen molar-refractivity contribution in [3.8, 4) is 0 Å².